The number of aryl methyl sites for hydroxylation is 1. The Balaban J connectivity index is 1.35. The first-order valence-electron chi connectivity index (χ1n) is 22.2. The van der Waals surface area contributed by atoms with Gasteiger partial charge in [-0.3, -0.25) is 14.6 Å². The molecule has 334 valence electrons. The van der Waals surface area contributed by atoms with Crippen molar-refractivity contribution in [2.75, 3.05) is 27.7 Å². The van der Waals surface area contributed by atoms with E-state index in [0.29, 0.717) is 31.8 Å². The molecule has 3 N–H and O–H groups in total. The number of fused-ring (bicyclic) bond motifs is 2. The predicted molar refractivity (Wildman–Crippen MR) is 228 cm³/mol. The number of nitrogens with zero attached hydrogens (tertiary/aromatic N) is 3. The summed E-state index contributed by atoms with van der Waals surface area (Å²) >= 11 is 0. The van der Waals surface area contributed by atoms with Crippen LogP contribution in [0, 0.1) is 23.7 Å². The minimum Gasteiger partial charge on any atom is -0.458 e. The number of ether oxygens (including phenoxy) is 5. The first-order valence-corrected chi connectivity index (χ1v) is 22.2. The fraction of sp³-hybridized carbons (Fsp3) is 0.739. The van der Waals surface area contributed by atoms with Crippen LogP contribution in [0.25, 0.3) is 10.9 Å². The number of para-hydroxylation sites is 1. The Labute approximate surface area is 356 Å². The number of methoxy groups -OCH3 is 1. The lowest BCUT2D eigenvalue weighted by atomic mass is 9.71. The van der Waals surface area contributed by atoms with E-state index >= 15 is 0 Å². The van der Waals surface area contributed by atoms with E-state index < -0.39 is 65.7 Å². The standard InChI is InChI=1S/C46H71N5O9/c1-12-36-46(8)40(51(44(55)60-46)48-22-15-16-31-21-23-47-34-18-14-13-17-33(31)34)28(4)37(49-32-19-20-32)26(2)25-45(7,56-11)41(29(5)38(52)30(6)42(54)58-36)59-43-39(53)35(50(9)10)24-27(3)57-43/h13-14,17-18,21,23,26-30,32,35-37,39-41,43,48-49,53H,12,15-16,19-20,22,24-25H2,1-11H3/t26-,27-,28+,29+,30-,35+,36-,37?,39-,40-,41-,43+,45+,46-/m1/s1. The van der Waals surface area contributed by atoms with Crippen molar-refractivity contribution in [1.82, 2.24) is 25.6 Å². The van der Waals surface area contributed by atoms with Crippen LogP contribution in [-0.4, -0.2) is 132 Å². The number of carbonyl (C=O) groups is 3. The number of cyclic esters (lactones) is 1. The number of rotatable bonds is 12. The highest BCUT2D eigenvalue weighted by atomic mass is 16.7. The van der Waals surface area contributed by atoms with Crippen LogP contribution in [0.15, 0.2) is 36.5 Å². The molecule has 14 nitrogen and oxygen atoms in total. The molecule has 0 radical (unpaired) electrons. The number of hydrogen-bond acceptors (Lipinski definition) is 13. The van der Waals surface area contributed by atoms with Crippen LogP contribution in [0.5, 0.6) is 0 Å². The van der Waals surface area contributed by atoms with Crippen LogP contribution < -0.4 is 10.7 Å². The smallest absolute Gasteiger partial charge is 0.425 e. The van der Waals surface area contributed by atoms with Crippen molar-refractivity contribution >= 4 is 28.7 Å². The van der Waals surface area contributed by atoms with Gasteiger partial charge in [0.25, 0.3) is 0 Å². The first-order chi connectivity index (χ1) is 28.4. The number of nitrogens with one attached hydrogen (secondary N) is 2. The van der Waals surface area contributed by atoms with Crippen molar-refractivity contribution in [2.24, 2.45) is 23.7 Å². The molecule has 4 aliphatic rings. The number of benzene rings is 1. The highest BCUT2D eigenvalue weighted by molar-refractivity contribution is 6.00. The maximum absolute atomic E-state index is 14.5. The van der Waals surface area contributed by atoms with Crippen LogP contribution >= 0.6 is 0 Å². The molecule has 1 amide bonds. The van der Waals surface area contributed by atoms with Gasteiger partial charge in [-0.25, -0.2) is 15.2 Å². The van der Waals surface area contributed by atoms with Gasteiger partial charge in [0.05, 0.1) is 29.4 Å². The largest absolute Gasteiger partial charge is 0.458 e. The Kier molecular flexibility index (Phi) is 14.7. The lowest BCUT2D eigenvalue weighted by Crippen LogP contribution is -2.63. The van der Waals surface area contributed by atoms with Crippen LogP contribution in [0.4, 0.5) is 4.79 Å². The fourth-order valence-corrected chi connectivity index (χ4v) is 10.4. The average molecular weight is 838 g/mol. The second-order valence-electron chi connectivity index (χ2n) is 18.8. The van der Waals surface area contributed by atoms with E-state index in [9.17, 15) is 19.5 Å². The van der Waals surface area contributed by atoms with Gasteiger partial charge in [-0.05, 0) is 116 Å². The van der Waals surface area contributed by atoms with E-state index in [1.165, 1.54) is 5.56 Å². The third-order valence-corrected chi connectivity index (χ3v) is 14.0. The lowest BCUT2D eigenvalue weighted by Gasteiger charge is -2.48. The van der Waals surface area contributed by atoms with Crippen molar-refractivity contribution in [3.63, 3.8) is 0 Å². The molecule has 14 atom stereocenters. The molecule has 4 heterocycles. The summed E-state index contributed by atoms with van der Waals surface area (Å²) in [5.41, 5.74) is 3.23. The minimum absolute atomic E-state index is 0.0886. The number of aromatic nitrogens is 1. The molecule has 3 aliphatic heterocycles. The second-order valence-corrected chi connectivity index (χ2v) is 18.8. The van der Waals surface area contributed by atoms with Crippen LogP contribution in [0.1, 0.15) is 99.5 Å². The summed E-state index contributed by atoms with van der Waals surface area (Å²) in [6, 6.07) is 9.45. The van der Waals surface area contributed by atoms with E-state index in [1.54, 1.807) is 26.0 Å². The Morgan fingerprint density at radius 3 is 2.43 bits per heavy atom. The molecule has 6 rings (SSSR count). The zero-order valence-electron chi connectivity index (χ0n) is 37.7. The SMILES string of the molecule is CC[C@H]1OC(=O)[C@H](C)C(=O)[C@H](C)[C@@H](O[C@@H]2O[C@H](C)C[C@H](N(C)C)[C@H]2O)[C@@](C)(OC)C[C@@H](C)C(NC2CC2)[C@H](C)[C@H]2N(NCCCc3ccnc4ccccc34)C(=O)O[C@]12C. The molecule has 0 bridgehead atoms. The van der Waals surface area contributed by atoms with Gasteiger partial charge in [-0.1, -0.05) is 45.9 Å². The van der Waals surface area contributed by atoms with Gasteiger partial charge in [-0.15, -0.1) is 0 Å². The number of likely N-dealkylation sites (N-methyl/N-ethyl adjacent to an activating group) is 1. The third-order valence-electron chi connectivity index (χ3n) is 14.0. The molecule has 1 unspecified atom stereocenters. The summed E-state index contributed by atoms with van der Waals surface area (Å²) in [6.45, 7) is 15.8. The minimum atomic E-state index is -1.26. The van der Waals surface area contributed by atoms with E-state index in [0.717, 1.165) is 36.6 Å². The molecule has 1 saturated carbocycles. The summed E-state index contributed by atoms with van der Waals surface area (Å²) in [5, 5.41) is 18.2. The molecule has 1 aromatic carbocycles. The summed E-state index contributed by atoms with van der Waals surface area (Å²) in [5.74, 6) is -3.44. The zero-order valence-corrected chi connectivity index (χ0v) is 37.7. The maximum Gasteiger partial charge on any atom is 0.425 e. The zero-order chi connectivity index (χ0) is 43.7. The molecule has 14 heteroatoms. The van der Waals surface area contributed by atoms with Crippen molar-refractivity contribution in [1.29, 1.82) is 0 Å². The Morgan fingerprint density at radius 2 is 1.77 bits per heavy atom. The molecular formula is C46H71N5O9. The van der Waals surface area contributed by atoms with E-state index in [4.69, 9.17) is 23.7 Å². The number of Topliss-reactive ketones (excluding diaryl/α,β-unsaturated/α-hetero) is 1. The number of aliphatic hydroxyl groups excluding tert-OH is 1. The lowest BCUT2D eigenvalue weighted by molar-refractivity contribution is -0.295. The van der Waals surface area contributed by atoms with Crippen LogP contribution in [0.2, 0.25) is 0 Å². The highest BCUT2D eigenvalue weighted by Crippen LogP contribution is 2.44. The van der Waals surface area contributed by atoms with Gasteiger partial charge in [0.1, 0.15) is 18.1 Å². The van der Waals surface area contributed by atoms with Crippen molar-refractivity contribution in [3.8, 4) is 0 Å². The van der Waals surface area contributed by atoms with Crippen molar-refractivity contribution in [3.05, 3.63) is 42.1 Å². The molecule has 4 fully saturated rings. The van der Waals surface area contributed by atoms with Crippen LogP contribution in [0.3, 0.4) is 0 Å². The topological polar surface area (TPSA) is 161 Å². The normalized spacial score (nSPS) is 38.4. The summed E-state index contributed by atoms with van der Waals surface area (Å²) in [7, 11) is 5.44. The van der Waals surface area contributed by atoms with Gasteiger partial charge in [0.2, 0.25) is 0 Å². The van der Waals surface area contributed by atoms with Gasteiger partial charge >= 0.3 is 12.1 Å². The number of carbonyl (C=O) groups excluding carboxylic acids is 3. The van der Waals surface area contributed by atoms with E-state index in [1.807, 2.05) is 77.2 Å². The Bertz CT molecular complexity index is 1810. The van der Waals surface area contributed by atoms with Crippen molar-refractivity contribution < 1.29 is 43.2 Å². The van der Waals surface area contributed by atoms with Crippen LogP contribution in [-0.2, 0) is 39.7 Å². The molecule has 1 aliphatic carbocycles. The Hall–Kier alpha value is -3.24. The summed E-state index contributed by atoms with van der Waals surface area (Å²) in [4.78, 5) is 49.3. The number of pyridine rings is 1. The number of aliphatic hydroxyl groups is 1. The third kappa shape index (κ3) is 9.55. The van der Waals surface area contributed by atoms with Gasteiger partial charge < -0.3 is 39.0 Å². The van der Waals surface area contributed by atoms with Gasteiger partial charge in [0, 0.05) is 49.3 Å². The average Bonchev–Trinajstić information content (AvgIpc) is 4.01. The number of amides is 1. The predicted octanol–water partition coefficient (Wildman–Crippen LogP) is 5.43. The molecule has 0 spiro atoms. The highest BCUT2D eigenvalue weighted by Gasteiger charge is 2.61. The van der Waals surface area contributed by atoms with E-state index in [-0.39, 0.29) is 35.8 Å². The molecular weight excluding hydrogens is 767 g/mol. The molecule has 1 aromatic heterocycles. The number of hydrogen-bond donors (Lipinski definition) is 3. The van der Waals surface area contributed by atoms with Crippen molar-refractivity contribution in [2.45, 2.75) is 166 Å². The maximum atomic E-state index is 14.5. The van der Waals surface area contributed by atoms with Gasteiger partial charge in [-0.2, -0.15) is 0 Å². The van der Waals surface area contributed by atoms with E-state index in [2.05, 4.69) is 35.6 Å². The number of hydrazine groups is 1. The second kappa shape index (κ2) is 19.0. The molecule has 2 aromatic rings. The summed E-state index contributed by atoms with van der Waals surface area (Å²) in [6.07, 6.45) is 2.25. The fourth-order valence-electron chi connectivity index (χ4n) is 10.4. The molecule has 3 saturated heterocycles. The molecule has 60 heavy (non-hydrogen) atoms. The summed E-state index contributed by atoms with van der Waals surface area (Å²) < 4.78 is 32.1. The number of ketones is 1. The Morgan fingerprint density at radius 1 is 1.05 bits per heavy atom. The monoisotopic (exact) mass is 838 g/mol. The first kappa shape index (κ1) is 46.3. The quantitative estimate of drug-likeness (QED) is 0.141. The van der Waals surface area contributed by atoms with Gasteiger partial charge in [0.15, 0.2) is 17.7 Å². The number of esters is 1.